The van der Waals surface area contributed by atoms with Crippen LogP contribution in [0.5, 0.6) is 0 Å². The van der Waals surface area contributed by atoms with Gasteiger partial charge in [0.15, 0.2) is 0 Å². The van der Waals surface area contributed by atoms with Crippen LogP contribution in [0.4, 0.5) is 10.2 Å². The SMILES string of the molecule is CC(Cc1cc(NC(=O)CCNC(=O)C(O)C(C)C)[nH]n1)c1ccc(F)cc1. The van der Waals surface area contributed by atoms with Crippen LogP contribution in [0.2, 0.25) is 0 Å². The van der Waals surface area contributed by atoms with E-state index in [2.05, 4.69) is 20.8 Å². The van der Waals surface area contributed by atoms with Crippen molar-refractivity contribution < 1.29 is 19.1 Å². The van der Waals surface area contributed by atoms with Crippen LogP contribution in [-0.2, 0) is 16.0 Å². The molecule has 28 heavy (non-hydrogen) atoms. The zero-order chi connectivity index (χ0) is 20.7. The van der Waals surface area contributed by atoms with E-state index in [1.165, 1.54) is 12.1 Å². The van der Waals surface area contributed by atoms with Crippen LogP contribution >= 0.6 is 0 Å². The van der Waals surface area contributed by atoms with E-state index < -0.39 is 12.0 Å². The molecule has 4 N–H and O–H groups in total. The first kappa shape index (κ1) is 21.6. The average Bonchev–Trinajstić information content (AvgIpc) is 3.07. The Kier molecular flexibility index (Phi) is 7.69. The molecule has 0 fully saturated rings. The number of hydrogen-bond acceptors (Lipinski definition) is 4. The van der Waals surface area contributed by atoms with Gasteiger partial charge in [-0.1, -0.05) is 32.9 Å². The Morgan fingerprint density at radius 2 is 1.89 bits per heavy atom. The molecule has 1 heterocycles. The molecule has 0 spiro atoms. The molecular formula is C20H27FN4O3. The lowest BCUT2D eigenvalue weighted by molar-refractivity contribution is -0.131. The molecule has 1 aromatic heterocycles. The maximum absolute atomic E-state index is 13.0. The van der Waals surface area contributed by atoms with Crippen LogP contribution in [0.3, 0.4) is 0 Å². The number of halogens is 1. The minimum Gasteiger partial charge on any atom is -0.383 e. The highest BCUT2D eigenvalue weighted by Gasteiger charge is 2.18. The molecule has 0 aliphatic rings. The van der Waals surface area contributed by atoms with Crippen LogP contribution in [0, 0.1) is 11.7 Å². The third-order valence-electron chi connectivity index (χ3n) is 4.41. The van der Waals surface area contributed by atoms with Gasteiger partial charge in [0.1, 0.15) is 17.7 Å². The summed E-state index contributed by atoms with van der Waals surface area (Å²) in [5.41, 5.74) is 1.79. The molecule has 0 saturated heterocycles. The number of rotatable bonds is 9. The van der Waals surface area contributed by atoms with Gasteiger partial charge in [-0.25, -0.2) is 4.39 Å². The summed E-state index contributed by atoms with van der Waals surface area (Å²) in [6.07, 6.45) is -0.362. The molecule has 2 aromatic rings. The predicted molar refractivity (Wildman–Crippen MR) is 104 cm³/mol. The highest BCUT2D eigenvalue weighted by molar-refractivity contribution is 5.90. The molecule has 0 saturated carbocycles. The minimum atomic E-state index is -1.08. The monoisotopic (exact) mass is 390 g/mol. The quantitative estimate of drug-likeness (QED) is 0.527. The molecule has 0 radical (unpaired) electrons. The molecule has 152 valence electrons. The van der Waals surface area contributed by atoms with E-state index >= 15 is 0 Å². The molecule has 2 rings (SSSR count). The first-order valence-electron chi connectivity index (χ1n) is 9.31. The summed E-state index contributed by atoms with van der Waals surface area (Å²) in [4.78, 5) is 23.6. The number of aromatic nitrogens is 2. The largest absolute Gasteiger partial charge is 0.383 e. The lowest BCUT2D eigenvalue weighted by Gasteiger charge is -2.13. The summed E-state index contributed by atoms with van der Waals surface area (Å²) >= 11 is 0. The first-order valence-corrected chi connectivity index (χ1v) is 9.31. The standard InChI is InChI=1S/C20H27FN4O3/c1-12(2)19(27)20(28)22-9-8-18(26)23-17-11-16(24-25-17)10-13(3)14-4-6-15(21)7-5-14/h4-7,11-13,19,27H,8-10H2,1-3H3,(H,22,28)(H2,23,24,25,26). The smallest absolute Gasteiger partial charge is 0.249 e. The summed E-state index contributed by atoms with van der Waals surface area (Å²) < 4.78 is 13.0. The van der Waals surface area contributed by atoms with Gasteiger partial charge in [-0.2, -0.15) is 5.10 Å². The molecular weight excluding hydrogens is 363 g/mol. The number of amides is 2. The van der Waals surface area contributed by atoms with Gasteiger partial charge in [0, 0.05) is 19.0 Å². The second kappa shape index (κ2) is 9.98. The van der Waals surface area contributed by atoms with E-state index in [0.29, 0.717) is 12.2 Å². The highest BCUT2D eigenvalue weighted by atomic mass is 19.1. The zero-order valence-electron chi connectivity index (χ0n) is 16.3. The van der Waals surface area contributed by atoms with Gasteiger partial charge < -0.3 is 15.7 Å². The van der Waals surface area contributed by atoms with E-state index in [-0.39, 0.29) is 36.5 Å². The van der Waals surface area contributed by atoms with Crippen molar-refractivity contribution in [2.75, 3.05) is 11.9 Å². The molecule has 2 amide bonds. The Labute approximate surface area is 163 Å². The van der Waals surface area contributed by atoms with Crippen molar-refractivity contribution in [3.8, 4) is 0 Å². The van der Waals surface area contributed by atoms with Gasteiger partial charge in [-0.3, -0.25) is 14.7 Å². The van der Waals surface area contributed by atoms with Crippen LogP contribution in [0.25, 0.3) is 0 Å². The van der Waals surface area contributed by atoms with Crippen molar-refractivity contribution in [2.45, 2.75) is 45.6 Å². The molecule has 0 aliphatic carbocycles. The van der Waals surface area contributed by atoms with Crippen molar-refractivity contribution in [1.29, 1.82) is 0 Å². The average molecular weight is 390 g/mol. The van der Waals surface area contributed by atoms with Crippen molar-refractivity contribution >= 4 is 17.6 Å². The minimum absolute atomic E-state index is 0.0802. The number of benzene rings is 1. The Balaban J connectivity index is 1.78. The summed E-state index contributed by atoms with van der Waals surface area (Å²) in [6, 6.07) is 8.11. The van der Waals surface area contributed by atoms with Crippen molar-refractivity contribution in [2.24, 2.45) is 5.92 Å². The van der Waals surface area contributed by atoms with Crippen LogP contribution in [-0.4, -0.2) is 39.8 Å². The maximum atomic E-state index is 13.0. The number of aliphatic hydroxyl groups excluding tert-OH is 1. The highest BCUT2D eigenvalue weighted by Crippen LogP contribution is 2.21. The second-order valence-electron chi connectivity index (χ2n) is 7.21. The summed E-state index contributed by atoms with van der Waals surface area (Å²) in [5.74, 6) is -0.595. The second-order valence-corrected chi connectivity index (χ2v) is 7.21. The Morgan fingerprint density at radius 1 is 1.21 bits per heavy atom. The molecule has 0 bridgehead atoms. The van der Waals surface area contributed by atoms with Gasteiger partial charge in [-0.05, 0) is 36.0 Å². The fourth-order valence-electron chi connectivity index (χ4n) is 2.67. The third kappa shape index (κ3) is 6.45. The van der Waals surface area contributed by atoms with Gasteiger partial charge in [-0.15, -0.1) is 0 Å². The summed E-state index contributed by atoms with van der Waals surface area (Å²) in [7, 11) is 0. The summed E-state index contributed by atoms with van der Waals surface area (Å²) in [5, 5.41) is 21.8. The number of carbonyl (C=O) groups excluding carboxylic acids is 2. The number of carbonyl (C=O) groups is 2. The van der Waals surface area contributed by atoms with E-state index in [4.69, 9.17) is 0 Å². The van der Waals surface area contributed by atoms with Crippen molar-refractivity contribution in [3.05, 3.63) is 47.4 Å². The predicted octanol–water partition coefficient (Wildman–Crippen LogP) is 2.36. The number of aliphatic hydroxyl groups is 1. The summed E-state index contributed by atoms with van der Waals surface area (Å²) in [6.45, 7) is 5.64. The normalized spacial score (nSPS) is 13.2. The number of aromatic amines is 1. The lowest BCUT2D eigenvalue weighted by atomic mass is 9.96. The number of nitrogens with one attached hydrogen (secondary N) is 3. The van der Waals surface area contributed by atoms with Gasteiger partial charge in [0.25, 0.3) is 0 Å². The zero-order valence-corrected chi connectivity index (χ0v) is 16.3. The van der Waals surface area contributed by atoms with Gasteiger partial charge in [0.2, 0.25) is 11.8 Å². The first-order chi connectivity index (χ1) is 13.3. The Bertz CT molecular complexity index is 789. The Hall–Kier alpha value is -2.74. The lowest BCUT2D eigenvalue weighted by Crippen LogP contribution is -2.38. The number of hydrogen-bond donors (Lipinski definition) is 4. The fourth-order valence-corrected chi connectivity index (χ4v) is 2.67. The van der Waals surface area contributed by atoms with Gasteiger partial charge in [0.05, 0.1) is 5.69 Å². The van der Waals surface area contributed by atoms with Crippen LogP contribution in [0.1, 0.15) is 44.4 Å². The van der Waals surface area contributed by atoms with Crippen molar-refractivity contribution in [3.63, 3.8) is 0 Å². The number of anilines is 1. The van der Waals surface area contributed by atoms with E-state index in [1.54, 1.807) is 32.0 Å². The fraction of sp³-hybridized carbons (Fsp3) is 0.450. The van der Waals surface area contributed by atoms with Crippen LogP contribution < -0.4 is 10.6 Å². The topological polar surface area (TPSA) is 107 Å². The molecule has 8 heteroatoms. The third-order valence-corrected chi connectivity index (χ3v) is 4.41. The van der Waals surface area contributed by atoms with E-state index in [0.717, 1.165) is 11.3 Å². The van der Waals surface area contributed by atoms with Gasteiger partial charge >= 0.3 is 0 Å². The Morgan fingerprint density at radius 3 is 2.54 bits per heavy atom. The number of nitrogens with zero attached hydrogens (tertiary/aromatic N) is 1. The molecule has 2 atom stereocenters. The molecule has 0 aliphatic heterocycles. The maximum Gasteiger partial charge on any atom is 0.249 e. The number of H-pyrrole nitrogens is 1. The molecule has 1 aromatic carbocycles. The van der Waals surface area contributed by atoms with E-state index in [9.17, 15) is 19.1 Å². The molecule has 7 nitrogen and oxygen atoms in total. The van der Waals surface area contributed by atoms with Crippen LogP contribution in [0.15, 0.2) is 30.3 Å². The molecule has 2 unspecified atom stereocenters. The van der Waals surface area contributed by atoms with E-state index in [1.807, 2.05) is 6.92 Å². The van der Waals surface area contributed by atoms with Crippen molar-refractivity contribution in [1.82, 2.24) is 15.5 Å².